The van der Waals surface area contributed by atoms with Gasteiger partial charge in [0.25, 0.3) is 0 Å². The molecule has 9 heteroatoms. The largest absolute Gasteiger partial charge is 0.315 e. The lowest BCUT2D eigenvalue weighted by Gasteiger charge is -2.14. The molecule has 3 rings (SSSR count). The van der Waals surface area contributed by atoms with Gasteiger partial charge in [0.15, 0.2) is 0 Å². The Bertz CT molecular complexity index is 1110. The van der Waals surface area contributed by atoms with Crippen LogP contribution in [-0.4, -0.2) is 42.2 Å². The Hall–Kier alpha value is -2.88. The molecule has 1 N–H and O–H groups in total. The van der Waals surface area contributed by atoms with E-state index in [0.717, 1.165) is 25.8 Å². The van der Waals surface area contributed by atoms with E-state index in [4.69, 9.17) is 0 Å². The summed E-state index contributed by atoms with van der Waals surface area (Å²) in [6.07, 6.45) is 4.87. The highest BCUT2D eigenvalue weighted by atomic mass is 32.2. The maximum atomic E-state index is 12.4. The highest BCUT2D eigenvalue weighted by Crippen LogP contribution is 2.31. The summed E-state index contributed by atoms with van der Waals surface area (Å²) in [5.41, 5.74) is 2.28. The fourth-order valence-corrected chi connectivity index (χ4v) is 4.22. The predicted octanol–water partition coefficient (Wildman–Crippen LogP) is 3.38. The third kappa shape index (κ3) is 5.57. The Morgan fingerprint density at radius 1 is 1.21 bits per heavy atom. The van der Waals surface area contributed by atoms with Gasteiger partial charge in [-0.25, -0.2) is 13.4 Å². The molecule has 0 atom stereocenters. The molecule has 2 heterocycles. The van der Waals surface area contributed by atoms with Crippen molar-refractivity contribution in [1.82, 2.24) is 14.3 Å². The Labute approximate surface area is 173 Å². The summed E-state index contributed by atoms with van der Waals surface area (Å²) in [6, 6.07) is 12.8. The van der Waals surface area contributed by atoms with Crippen molar-refractivity contribution in [2.45, 2.75) is 6.92 Å². The number of aryl methyl sites for hydroxylation is 1. The number of thiazole rings is 1. The second-order valence-corrected chi connectivity index (χ2v) is 9.16. The molecule has 0 aliphatic carbocycles. The zero-order chi connectivity index (χ0) is 20.9. The fraction of sp³-hybridized carbons (Fsp3) is 0.150. The summed E-state index contributed by atoms with van der Waals surface area (Å²) in [4.78, 5) is 20.9. The highest BCUT2D eigenvalue weighted by molar-refractivity contribution is 7.92. The zero-order valence-corrected chi connectivity index (χ0v) is 17.6. The van der Waals surface area contributed by atoms with Gasteiger partial charge in [-0.3, -0.25) is 9.78 Å². The summed E-state index contributed by atoms with van der Waals surface area (Å²) < 4.78 is 25.8. The molecular weight excluding hydrogens is 408 g/mol. The third-order valence-corrected chi connectivity index (χ3v) is 6.59. The number of carbonyl (C=O) groups excluding carboxylic acids is 1. The molecule has 0 spiro atoms. The standard InChI is InChI=1S/C20H20N4O3S2/c1-15-19(28-20(22-15)17-9-6-11-21-13-17)23-18(25)14-24(2)29(26,27)12-10-16-7-4-3-5-8-16/h3-13H,14H2,1-2H3,(H,23,25)/b12-10+. The first kappa shape index (κ1) is 20.8. The monoisotopic (exact) mass is 428 g/mol. The SMILES string of the molecule is Cc1nc(-c2cccnc2)sc1NC(=O)CN(C)S(=O)(=O)/C=C/c1ccccc1. The van der Waals surface area contributed by atoms with Crippen molar-refractivity contribution in [3.63, 3.8) is 0 Å². The summed E-state index contributed by atoms with van der Waals surface area (Å²) in [7, 11) is -2.36. The molecule has 7 nitrogen and oxygen atoms in total. The molecule has 29 heavy (non-hydrogen) atoms. The smallest absolute Gasteiger partial charge is 0.240 e. The van der Waals surface area contributed by atoms with Crippen LogP contribution in [0.25, 0.3) is 16.6 Å². The molecule has 1 aromatic carbocycles. The number of anilines is 1. The molecule has 0 aliphatic heterocycles. The van der Waals surface area contributed by atoms with Gasteiger partial charge in [0, 0.05) is 30.4 Å². The molecule has 2 aromatic heterocycles. The summed E-state index contributed by atoms with van der Waals surface area (Å²) in [5.74, 6) is -0.436. The van der Waals surface area contributed by atoms with E-state index in [0.29, 0.717) is 10.7 Å². The first-order valence-electron chi connectivity index (χ1n) is 8.72. The van der Waals surface area contributed by atoms with E-state index in [1.807, 2.05) is 30.3 Å². The minimum Gasteiger partial charge on any atom is -0.315 e. The number of benzene rings is 1. The second-order valence-electron chi connectivity index (χ2n) is 6.24. The van der Waals surface area contributed by atoms with Gasteiger partial charge in [-0.15, -0.1) is 0 Å². The Morgan fingerprint density at radius 3 is 2.66 bits per heavy atom. The van der Waals surface area contributed by atoms with Gasteiger partial charge < -0.3 is 5.32 Å². The molecule has 0 aliphatic rings. The van der Waals surface area contributed by atoms with Crippen molar-refractivity contribution >= 4 is 38.3 Å². The van der Waals surface area contributed by atoms with Crippen molar-refractivity contribution in [3.05, 3.63) is 71.5 Å². The highest BCUT2D eigenvalue weighted by Gasteiger charge is 2.19. The third-order valence-electron chi connectivity index (χ3n) is 3.99. The van der Waals surface area contributed by atoms with Crippen LogP contribution in [-0.2, 0) is 14.8 Å². The average Bonchev–Trinajstić information content (AvgIpc) is 3.08. The van der Waals surface area contributed by atoms with E-state index in [-0.39, 0.29) is 6.54 Å². The van der Waals surface area contributed by atoms with Gasteiger partial charge in [-0.2, -0.15) is 4.31 Å². The number of amides is 1. The number of carbonyl (C=O) groups is 1. The zero-order valence-electron chi connectivity index (χ0n) is 15.9. The van der Waals surface area contributed by atoms with Gasteiger partial charge in [0.2, 0.25) is 15.9 Å². The van der Waals surface area contributed by atoms with Gasteiger partial charge >= 0.3 is 0 Å². The van der Waals surface area contributed by atoms with E-state index in [1.54, 1.807) is 31.5 Å². The van der Waals surface area contributed by atoms with Crippen molar-refractivity contribution in [1.29, 1.82) is 0 Å². The number of hydrogen-bond donors (Lipinski definition) is 1. The molecule has 0 saturated heterocycles. The van der Waals surface area contributed by atoms with Crippen LogP contribution in [0.3, 0.4) is 0 Å². The molecular formula is C20H20N4O3S2. The van der Waals surface area contributed by atoms with Gasteiger partial charge in [-0.05, 0) is 30.7 Å². The number of likely N-dealkylation sites (N-methyl/N-ethyl adjacent to an activating group) is 1. The van der Waals surface area contributed by atoms with E-state index in [2.05, 4.69) is 15.3 Å². The Balaban J connectivity index is 1.64. The summed E-state index contributed by atoms with van der Waals surface area (Å²) in [5, 5.41) is 5.15. The molecule has 1 amide bonds. The minimum absolute atomic E-state index is 0.305. The lowest BCUT2D eigenvalue weighted by atomic mass is 10.2. The van der Waals surface area contributed by atoms with Crippen LogP contribution in [0, 0.1) is 6.92 Å². The lowest BCUT2D eigenvalue weighted by Crippen LogP contribution is -2.33. The predicted molar refractivity (Wildman–Crippen MR) is 116 cm³/mol. The number of nitrogens with one attached hydrogen (secondary N) is 1. The number of nitrogens with zero attached hydrogens (tertiary/aromatic N) is 3. The van der Waals surface area contributed by atoms with Crippen LogP contribution >= 0.6 is 11.3 Å². The minimum atomic E-state index is -3.72. The molecule has 3 aromatic rings. The van der Waals surface area contributed by atoms with Crippen LogP contribution < -0.4 is 5.32 Å². The van der Waals surface area contributed by atoms with Gasteiger partial charge in [0.05, 0.1) is 12.2 Å². The number of sulfonamides is 1. The lowest BCUT2D eigenvalue weighted by molar-refractivity contribution is -0.116. The molecule has 0 saturated carbocycles. The molecule has 0 unspecified atom stereocenters. The topological polar surface area (TPSA) is 92.3 Å². The first-order chi connectivity index (χ1) is 13.8. The van der Waals surface area contributed by atoms with Crippen LogP contribution in [0.1, 0.15) is 11.3 Å². The first-order valence-corrected chi connectivity index (χ1v) is 11.0. The quantitative estimate of drug-likeness (QED) is 0.623. The van der Waals surface area contributed by atoms with Crippen molar-refractivity contribution < 1.29 is 13.2 Å². The van der Waals surface area contributed by atoms with E-state index in [1.165, 1.54) is 24.5 Å². The molecule has 0 bridgehead atoms. The molecule has 0 radical (unpaired) electrons. The van der Waals surface area contributed by atoms with E-state index >= 15 is 0 Å². The second kappa shape index (κ2) is 9.08. The average molecular weight is 429 g/mol. The maximum Gasteiger partial charge on any atom is 0.240 e. The van der Waals surface area contributed by atoms with E-state index in [9.17, 15) is 13.2 Å². The Kier molecular flexibility index (Phi) is 6.53. The van der Waals surface area contributed by atoms with Crippen molar-refractivity contribution in [2.75, 3.05) is 18.9 Å². The molecule has 0 fully saturated rings. The van der Waals surface area contributed by atoms with Crippen molar-refractivity contribution in [2.24, 2.45) is 0 Å². The number of hydrogen-bond acceptors (Lipinski definition) is 6. The van der Waals surface area contributed by atoms with Crippen molar-refractivity contribution in [3.8, 4) is 10.6 Å². The summed E-state index contributed by atoms with van der Waals surface area (Å²) in [6.45, 7) is 1.48. The van der Waals surface area contributed by atoms with Crippen LogP contribution in [0.15, 0.2) is 60.3 Å². The normalized spacial score (nSPS) is 11.8. The summed E-state index contributed by atoms with van der Waals surface area (Å²) >= 11 is 1.32. The number of rotatable bonds is 7. The number of pyridine rings is 1. The van der Waals surface area contributed by atoms with Crippen LogP contribution in [0.5, 0.6) is 0 Å². The number of aromatic nitrogens is 2. The molecule has 150 valence electrons. The van der Waals surface area contributed by atoms with Gasteiger partial charge in [-0.1, -0.05) is 41.7 Å². The van der Waals surface area contributed by atoms with Crippen LogP contribution in [0.4, 0.5) is 5.00 Å². The van der Waals surface area contributed by atoms with E-state index < -0.39 is 15.9 Å². The maximum absolute atomic E-state index is 12.4. The van der Waals surface area contributed by atoms with Gasteiger partial charge in [0.1, 0.15) is 10.0 Å². The fourth-order valence-electron chi connectivity index (χ4n) is 2.42. The Morgan fingerprint density at radius 2 is 1.97 bits per heavy atom. The van der Waals surface area contributed by atoms with Crippen LogP contribution in [0.2, 0.25) is 0 Å².